The summed E-state index contributed by atoms with van der Waals surface area (Å²) >= 11 is 12.7. The van der Waals surface area contributed by atoms with E-state index in [1.54, 1.807) is 12.3 Å². The minimum absolute atomic E-state index is 0.0515. The molecule has 0 spiro atoms. The van der Waals surface area contributed by atoms with Crippen LogP contribution in [0.25, 0.3) is 11.3 Å². The van der Waals surface area contributed by atoms with Crippen LogP contribution in [0, 0.1) is 5.92 Å². The zero-order valence-electron chi connectivity index (χ0n) is 24.2. The number of benzene rings is 1. The molecular weight excluding hydrogens is 555 g/mol. The Labute approximate surface area is 253 Å². The van der Waals surface area contributed by atoms with E-state index in [2.05, 4.69) is 46.9 Å². The van der Waals surface area contributed by atoms with Gasteiger partial charge >= 0.3 is 0 Å². The van der Waals surface area contributed by atoms with Crippen LogP contribution in [0.1, 0.15) is 39.2 Å². The van der Waals surface area contributed by atoms with Crippen LogP contribution in [-0.4, -0.2) is 59.7 Å². The van der Waals surface area contributed by atoms with Crippen LogP contribution in [0.4, 0.5) is 5.82 Å². The number of nitrogens with zero attached hydrogens (tertiary/aromatic N) is 4. The summed E-state index contributed by atoms with van der Waals surface area (Å²) in [5.74, 6) is 2.79. The third-order valence-corrected chi connectivity index (χ3v) is 8.10. The van der Waals surface area contributed by atoms with Crippen molar-refractivity contribution in [3.8, 4) is 22.9 Å². The van der Waals surface area contributed by atoms with Crippen molar-refractivity contribution in [3.05, 3.63) is 76.5 Å². The first-order valence-electron chi connectivity index (χ1n) is 14.3. The Kier molecular flexibility index (Phi) is 9.39. The number of hydrogen-bond acceptors (Lipinski definition) is 7. The Morgan fingerprint density at radius 1 is 1.10 bits per heavy atom. The van der Waals surface area contributed by atoms with Gasteiger partial charge in [-0.05, 0) is 94.6 Å². The van der Waals surface area contributed by atoms with E-state index in [1.807, 2.05) is 37.3 Å². The summed E-state index contributed by atoms with van der Waals surface area (Å²) in [6.45, 7) is 17.1. The fourth-order valence-corrected chi connectivity index (χ4v) is 6.08. The van der Waals surface area contributed by atoms with Crippen molar-refractivity contribution < 1.29 is 4.74 Å². The Bertz CT molecular complexity index is 1330. The highest BCUT2D eigenvalue weighted by Crippen LogP contribution is 2.31. The molecule has 0 radical (unpaired) electrons. The lowest BCUT2D eigenvalue weighted by molar-refractivity contribution is 0.177. The molecule has 0 saturated carbocycles. The number of hydrogen-bond donors (Lipinski definition) is 2. The van der Waals surface area contributed by atoms with Crippen LogP contribution < -0.4 is 20.3 Å². The molecule has 1 aromatic carbocycles. The fraction of sp³-hybridized carbons (Fsp3) is 0.438. The first-order valence-corrected chi connectivity index (χ1v) is 15.1. The zero-order valence-corrected chi connectivity index (χ0v) is 25.7. The monoisotopic (exact) mass is 594 g/mol. The molecule has 0 bridgehead atoms. The third kappa shape index (κ3) is 8.35. The molecule has 0 amide bonds. The van der Waals surface area contributed by atoms with E-state index in [1.165, 1.54) is 0 Å². The van der Waals surface area contributed by atoms with E-state index in [4.69, 9.17) is 37.9 Å². The summed E-state index contributed by atoms with van der Waals surface area (Å²) in [7, 11) is 0. The fourth-order valence-electron chi connectivity index (χ4n) is 5.56. The van der Waals surface area contributed by atoms with Crippen LogP contribution in [0.5, 0.6) is 11.6 Å². The maximum absolute atomic E-state index is 6.34. The van der Waals surface area contributed by atoms with Gasteiger partial charge in [0.25, 0.3) is 0 Å². The van der Waals surface area contributed by atoms with Crippen LogP contribution in [0.2, 0.25) is 10.0 Å². The summed E-state index contributed by atoms with van der Waals surface area (Å²) in [5, 5.41) is 8.09. The number of anilines is 1. The second-order valence-electron chi connectivity index (χ2n) is 11.9. The van der Waals surface area contributed by atoms with Gasteiger partial charge in [0.15, 0.2) is 0 Å². The number of nitrogens with one attached hydrogen (secondary N) is 2. The normalized spacial score (nSPS) is 17.8. The number of likely N-dealkylation sites (tertiary alicyclic amines) is 1. The topological polar surface area (TPSA) is 65.6 Å². The van der Waals surface area contributed by atoms with Crippen molar-refractivity contribution in [1.82, 2.24) is 25.5 Å². The van der Waals surface area contributed by atoms with E-state index in [0.29, 0.717) is 27.6 Å². The van der Waals surface area contributed by atoms with Gasteiger partial charge in [-0.3, -0.25) is 4.90 Å². The first kappa shape index (κ1) is 29.6. The number of aromatic nitrogens is 2. The molecule has 9 heteroatoms. The van der Waals surface area contributed by atoms with E-state index in [9.17, 15) is 0 Å². The van der Waals surface area contributed by atoms with Gasteiger partial charge in [0, 0.05) is 65.6 Å². The van der Waals surface area contributed by atoms with Crippen molar-refractivity contribution >= 4 is 29.0 Å². The standard InChI is InChI=1S/C32H40Cl2N6O/c1-22(2)35-18-23-7-10-39(11-8-23)20-24-13-29(25-15-26(33)17-27(34)16-25)38-31(14-24)41-28-5-6-30(36-19-28)40-12-9-37-32(3,4)21-40/h5-6,13-17,19,23,35,37H,1,7-12,18,20-21H2,2-4H3. The SMILES string of the molecule is C=C(C)NCC1CCN(Cc2cc(Oc3ccc(N4CCNC(C)(C)C4)nc3)nc(-c3cc(Cl)cc(Cl)c3)c2)CC1. The van der Waals surface area contributed by atoms with Crippen LogP contribution in [-0.2, 0) is 6.54 Å². The van der Waals surface area contributed by atoms with E-state index >= 15 is 0 Å². The molecule has 2 aliphatic heterocycles. The van der Waals surface area contributed by atoms with Crippen molar-refractivity contribution in [2.24, 2.45) is 5.92 Å². The largest absolute Gasteiger partial charge is 0.437 e. The molecular formula is C32H40Cl2N6O. The molecule has 2 aromatic heterocycles. The number of pyridine rings is 2. The van der Waals surface area contributed by atoms with Gasteiger partial charge in [-0.25, -0.2) is 9.97 Å². The molecule has 0 unspecified atom stereocenters. The Balaban J connectivity index is 1.33. The van der Waals surface area contributed by atoms with Crippen molar-refractivity contribution in [2.45, 2.75) is 45.7 Å². The Morgan fingerprint density at radius 3 is 2.51 bits per heavy atom. The van der Waals surface area contributed by atoms with Gasteiger partial charge in [-0.15, -0.1) is 0 Å². The zero-order chi connectivity index (χ0) is 29.0. The number of piperazine rings is 1. The lowest BCUT2D eigenvalue weighted by Crippen LogP contribution is -2.57. The van der Waals surface area contributed by atoms with Crippen molar-refractivity contribution in [3.63, 3.8) is 0 Å². The maximum atomic E-state index is 6.34. The quantitative estimate of drug-likeness (QED) is 0.283. The Morgan fingerprint density at radius 2 is 1.85 bits per heavy atom. The number of ether oxygens (including phenoxy) is 1. The molecule has 2 aliphatic rings. The lowest BCUT2D eigenvalue weighted by atomic mass is 9.96. The average Bonchev–Trinajstić information content (AvgIpc) is 2.92. The molecule has 41 heavy (non-hydrogen) atoms. The molecule has 4 heterocycles. The van der Waals surface area contributed by atoms with Crippen molar-refractivity contribution in [2.75, 3.05) is 44.2 Å². The molecule has 2 N–H and O–H groups in total. The van der Waals surface area contributed by atoms with Crippen molar-refractivity contribution in [1.29, 1.82) is 0 Å². The summed E-state index contributed by atoms with van der Waals surface area (Å²) in [4.78, 5) is 14.3. The molecule has 3 aromatic rings. The third-order valence-electron chi connectivity index (χ3n) is 7.66. The van der Waals surface area contributed by atoms with Gasteiger partial charge in [0.1, 0.15) is 11.6 Å². The number of rotatable bonds is 9. The highest BCUT2D eigenvalue weighted by atomic mass is 35.5. The average molecular weight is 596 g/mol. The summed E-state index contributed by atoms with van der Waals surface area (Å²) in [5.41, 5.74) is 3.84. The highest BCUT2D eigenvalue weighted by Gasteiger charge is 2.26. The van der Waals surface area contributed by atoms with Gasteiger partial charge in [-0.1, -0.05) is 29.8 Å². The molecule has 5 rings (SSSR count). The van der Waals surface area contributed by atoms with E-state index in [0.717, 1.165) is 87.0 Å². The number of allylic oxidation sites excluding steroid dienone is 1. The predicted molar refractivity (Wildman–Crippen MR) is 169 cm³/mol. The summed E-state index contributed by atoms with van der Waals surface area (Å²) in [6, 6.07) is 13.6. The van der Waals surface area contributed by atoms with Gasteiger partial charge < -0.3 is 20.3 Å². The molecule has 2 fully saturated rings. The predicted octanol–water partition coefficient (Wildman–Crippen LogP) is 6.77. The lowest BCUT2D eigenvalue weighted by Gasteiger charge is -2.39. The Hall–Kier alpha value is -2.84. The number of piperidine rings is 1. The van der Waals surface area contributed by atoms with Crippen LogP contribution in [0.15, 0.2) is 60.9 Å². The molecule has 0 aliphatic carbocycles. The van der Waals surface area contributed by atoms with Crippen LogP contribution >= 0.6 is 23.2 Å². The highest BCUT2D eigenvalue weighted by molar-refractivity contribution is 6.35. The molecule has 2 saturated heterocycles. The maximum Gasteiger partial charge on any atom is 0.220 e. The van der Waals surface area contributed by atoms with Gasteiger partial charge in [-0.2, -0.15) is 0 Å². The summed E-state index contributed by atoms with van der Waals surface area (Å²) < 4.78 is 6.28. The second-order valence-corrected chi connectivity index (χ2v) is 12.8. The van der Waals surface area contributed by atoms with E-state index in [-0.39, 0.29) is 5.54 Å². The minimum atomic E-state index is 0.0515. The van der Waals surface area contributed by atoms with Gasteiger partial charge in [0.05, 0.1) is 11.9 Å². The first-order chi connectivity index (χ1) is 19.6. The molecule has 218 valence electrons. The minimum Gasteiger partial charge on any atom is -0.437 e. The second kappa shape index (κ2) is 13.0. The molecule has 7 nitrogen and oxygen atoms in total. The number of halogens is 2. The van der Waals surface area contributed by atoms with E-state index < -0.39 is 0 Å². The molecule has 0 atom stereocenters. The van der Waals surface area contributed by atoms with Crippen LogP contribution in [0.3, 0.4) is 0 Å². The summed E-state index contributed by atoms with van der Waals surface area (Å²) in [6.07, 6.45) is 4.10. The van der Waals surface area contributed by atoms with Gasteiger partial charge in [0.2, 0.25) is 5.88 Å². The smallest absolute Gasteiger partial charge is 0.220 e.